The predicted molar refractivity (Wildman–Crippen MR) is 83.7 cm³/mol. The summed E-state index contributed by atoms with van der Waals surface area (Å²) in [5, 5.41) is 13.7. The van der Waals surface area contributed by atoms with E-state index in [1.807, 2.05) is 0 Å². The van der Waals surface area contributed by atoms with Crippen molar-refractivity contribution in [1.29, 1.82) is 0 Å². The number of rotatable bonds is 6. The van der Waals surface area contributed by atoms with E-state index in [4.69, 9.17) is 9.84 Å². The van der Waals surface area contributed by atoms with E-state index in [-0.39, 0.29) is 11.6 Å². The summed E-state index contributed by atoms with van der Waals surface area (Å²) in [6.45, 7) is 0.392. The molecule has 0 aliphatic heterocycles. The molecule has 0 fully saturated rings. The molecule has 2 aromatic rings. The van der Waals surface area contributed by atoms with Gasteiger partial charge in [-0.05, 0) is 15.9 Å². The van der Waals surface area contributed by atoms with Crippen molar-refractivity contribution < 1.29 is 19.4 Å². The highest BCUT2D eigenvalue weighted by Gasteiger charge is 2.14. The number of amides is 1. The predicted octanol–water partition coefficient (Wildman–Crippen LogP) is 2.65. The Morgan fingerprint density at radius 2 is 2.29 bits per heavy atom. The molecule has 0 aliphatic carbocycles. The molecule has 0 aromatic carbocycles. The molecule has 0 saturated carbocycles. The number of aromatic carboxylic acids is 1. The standard InChI is InChI=1S/C12H11BrN2O4S2/c1-19-7-4-8(21-10(7)13)11(16)14-3-2-9-15-6(5-20-9)12(17)18/h4-5H,2-3H2,1H3,(H,14,16)(H,17,18). The smallest absolute Gasteiger partial charge is 0.355 e. The number of nitrogens with one attached hydrogen (secondary N) is 1. The molecule has 0 saturated heterocycles. The van der Waals surface area contributed by atoms with Crippen LogP contribution in [0.15, 0.2) is 15.2 Å². The summed E-state index contributed by atoms with van der Waals surface area (Å²) in [5.41, 5.74) is 0.0354. The fourth-order valence-corrected chi connectivity index (χ4v) is 3.84. The van der Waals surface area contributed by atoms with Crippen molar-refractivity contribution in [2.75, 3.05) is 13.7 Å². The van der Waals surface area contributed by atoms with E-state index in [2.05, 4.69) is 26.2 Å². The minimum Gasteiger partial charge on any atom is -0.495 e. The van der Waals surface area contributed by atoms with E-state index in [0.29, 0.717) is 28.6 Å². The number of aromatic nitrogens is 1. The van der Waals surface area contributed by atoms with Gasteiger partial charge in [0.1, 0.15) is 9.54 Å². The summed E-state index contributed by atoms with van der Waals surface area (Å²) in [6, 6.07) is 1.66. The first-order chi connectivity index (χ1) is 10.0. The molecule has 9 heteroatoms. The maximum atomic E-state index is 11.9. The maximum absolute atomic E-state index is 11.9. The number of thiazole rings is 1. The van der Waals surface area contributed by atoms with Crippen LogP contribution in [0.3, 0.4) is 0 Å². The molecule has 112 valence electrons. The van der Waals surface area contributed by atoms with Gasteiger partial charge in [-0.3, -0.25) is 4.79 Å². The lowest BCUT2D eigenvalue weighted by Crippen LogP contribution is -2.24. The Hall–Kier alpha value is -1.45. The van der Waals surface area contributed by atoms with Gasteiger partial charge in [-0.15, -0.1) is 22.7 Å². The third-order valence-corrected chi connectivity index (χ3v) is 5.18. The van der Waals surface area contributed by atoms with Gasteiger partial charge in [0.05, 0.1) is 17.0 Å². The van der Waals surface area contributed by atoms with Crippen LogP contribution in [0.2, 0.25) is 0 Å². The van der Waals surface area contributed by atoms with E-state index < -0.39 is 5.97 Å². The van der Waals surface area contributed by atoms with Crippen LogP contribution in [-0.2, 0) is 6.42 Å². The van der Waals surface area contributed by atoms with Crippen LogP contribution in [-0.4, -0.2) is 35.6 Å². The molecule has 0 bridgehead atoms. The van der Waals surface area contributed by atoms with Gasteiger partial charge in [0.2, 0.25) is 0 Å². The second-order valence-electron chi connectivity index (χ2n) is 3.89. The van der Waals surface area contributed by atoms with Gasteiger partial charge in [0, 0.05) is 24.4 Å². The van der Waals surface area contributed by atoms with Crippen molar-refractivity contribution in [3.8, 4) is 5.75 Å². The van der Waals surface area contributed by atoms with Gasteiger partial charge < -0.3 is 15.2 Å². The second-order valence-corrected chi connectivity index (χ2v) is 7.20. The van der Waals surface area contributed by atoms with E-state index >= 15 is 0 Å². The zero-order valence-corrected chi connectivity index (χ0v) is 14.1. The Kier molecular flexibility index (Phi) is 5.32. The number of carbonyl (C=O) groups is 2. The summed E-state index contributed by atoms with van der Waals surface area (Å²) < 4.78 is 5.86. The fraction of sp³-hybridized carbons (Fsp3) is 0.250. The third kappa shape index (κ3) is 4.02. The number of nitrogens with zero attached hydrogens (tertiary/aromatic N) is 1. The molecular weight excluding hydrogens is 380 g/mol. The van der Waals surface area contributed by atoms with Crippen molar-refractivity contribution in [2.45, 2.75) is 6.42 Å². The molecule has 6 nitrogen and oxygen atoms in total. The lowest BCUT2D eigenvalue weighted by molar-refractivity contribution is 0.0690. The molecule has 2 N–H and O–H groups in total. The first-order valence-electron chi connectivity index (χ1n) is 5.80. The van der Waals surface area contributed by atoms with Crippen LogP contribution in [0.5, 0.6) is 5.75 Å². The molecule has 0 atom stereocenters. The van der Waals surface area contributed by atoms with Crippen LogP contribution in [0.25, 0.3) is 0 Å². The first-order valence-corrected chi connectivity index (χ1v) is 8.29. The SMILES string of the molecule is COc1cc(C(=O)NCCc2nc(C(=O)O)cs2)sc1Br. The molecular formula is C12H11BrN2O4S2. The monoisotopic (exact) mass is 390 g/mol. The van der Waals surface area contributed by atoms with Gasteiger partial charge in [-0.1, -0.05) is 0 Å². The summed E-state index contributed by atoms with van der Waals surface area (Å²) in [5.74, 6) is -0.618. The van der Waals surface area contributed by atoms with E-state index in [0.717, 1.165) is 3.79 Å². The Bertz CT molecular complexity index is 668. The minimum atomic E-state index is -1.04. The number of carboxylic acid groups (broad SMARTS) is 1. The number of halogens is 1. The lowest BCUT2D eigenvalue weighted by atomic mass is 10.4. The van der Waals surface area contributed by atoms with Crippen molar-refractivity contribution in [3.05, 3.63) is 30.8 Å². The topological polar surface area (TPSA) is 88.5 Å². The third-order valence-electron chi connectivity index (χ3n) is 2.49. The van der Waals surface area contributed by atoms with E-state index in [1.54, 1.807) is 6.07 Å². The number of hydrogen-bond acceptors (Lipinski definition) is 6. The molecule has 2 heterocycles. The second kappa shape index (κ2) is 7.01. The van der Waals surface area contributed by atoms with Crippen LogP contribution < -0.4 is 10.1 Å². The van der Waals surface area contributed by atoms with Crippen LogP contribution in [0.1, 0.15) is 25.2 Å². The van der Waals surface area contributed by atoms with Crippen molar-refractivity contribution >= 4 is 50.5 Å². The van der Waals surface area contributed by atoms with Crippen molar-refractivity contribution in [2.24, 2.45) is 0 Å². The van der Waals surface area contributed by atoms with E-state index in [1.165, 1.54) is 35.2 Å². The molecule has 2 aromatic heterocycles. The number of hydrogen-bond donors (Lipinski definition) is 2. The van der Waals surface area contributed by atoms with E-state index in [9.17, 15) is 9.59 Å². The normalized spacial score (nSPS) is 10.4. The van der Waals surface area contributed by atoms with Crippen LogP contribution in [0, 0.1) is 0 Å². The summed E-state index contributed by atoms with van der Waals surface area (Å²) >= 11 is 5.87. The highest BCUT2D eigenvalue weighted by Crippen LogP contribution is 2.34. The fourth-order valence-electron chi connectivity index (χ4n) is 1.50. The lowest BCUT2D eigenvalue weighted by Gasteiger charge is -2.01. The van der Waals surface area contributed by atoms with Gasteiger partial charge in [0.15, 0.2) is 5.69 Å². The molecule has 1 amide bonds. The average molecular weight is 391 g/mol. The summed E-state index contributed by atoms with van der Waals surface area (Å²) in [4.78, 5) is 27.1. The highest BCUT2D eigenvalue weighted by molar-refractivity contribution is 9.11. The van der Waals surface area contributed by atoms with Crippen LogP contribution >= 0.6 is 38.6 Å². The highest BCUT2D eigenvalue weighted by atomic mass is 79.9. The molecule has 0 spiro atoms. The Balaban J connectivity index is 1.87. The largest absolute Gasteiger partial charge is 0.495 e. The molecule has 0 radical (unpaired) electrons. The number of carboxylic acids is 1. The van der Waals surface area contributed by atoms with Gasteiger partial charge in [-0.2, -0.15) is 0 Å². The van der Waals surface area contributed by atoms with Gasteiger partial charge >= 0.3 is 5.97 Å². The number of carbonyl (C=O) groups excluding carboxylic acids is 1. The minimum absolute atomic E-state index is 0.0354. The number of ether oxygens (including phenoxy) is 1. The van der Waals surface area contributed by atoms with Crippen molar-refractivity contribution in [3.63, 3.8) is 0 Å². The van der Waals surface area contributed by atoms with Crippen molar-refractivity contribution in [1.82, 2.24) is 10.3 Å². The summed E-state index contributed by atoms with van der Waals surface area (Å²) in [6.07, 6.45) is 0.493. The zero-order chi connectivity index (χ0) is 15.4. The quantitative estimate of drug-likeness (QED) is 0.791. The molecule has 0 aliphatic rings. The van der Waals surface area contributed by atoms with Gasteiger partial charge in [0.25, 0.3) is 5.91 Å². The average Bonchev–Trinajstić information content (AvgIpc) is 3.05. The molecule has 21 heavy (non-hydrogen) atoms. The Labute approximate surface area is 136 Å². The van der Waals surface area contributed by atoms with Gasteiger partial charge in [-0.25, -0.2) is 9.78 Å². The summed E-state index contributed by atoms with van der Waals surface area (Å²) in [7, 11) is 1.54. The Morgan fingerprint density at radius 3 is 2.86 bits per heavy atom. The zero-order valence-electron chi connectivity index (χ0n) is 10.9. The maximum Gasteiger partial charge on any atom is 0.355 e. The molecule has 2 rings (SSSR count). The number of thiophene rings is 1. The number of methoxy groups -OCH3 is 1. The molecule has 0 unspecified atom stereocenters. The first kappa shape index (κ1) is 15.9. The van der Waals surface area contributed by atoms with Crippen LogP contribution in [0.4, 0.5) is 0 Å². The Morgan fingerprint density at radius 1 is 1.52 bits per heavy atom.